The number of benzene rings is 2. The topological polar surface area (TPSA) is 67.4 Å². The van der Waals surface area contributed by atoms with E-state index in [-0.39, 0.29) is 23.8 Å². The van der Waals surface area contributed by atoms with Crippen LogP contribution in [-0.2, 0) is 33.8 Å². The van der Waals surface area contributed by atoms with Crippen molar-refractivity contribution in [2.75, 3.05) is 10.6 Å². The van der Waals surface area contributed by atoms with Crippen LogP contribution in [0.3, 0.4) is 0 Å². The first-order valence-electron chi connectivity index (χ1n) is 12.4. The second-order valence-electron chi connectivity index (χ2n) is 9.93. The van der Waals surface area contributed by atoms with Gasteiger partial charge in [-0.1, -0.05) is 36.0 Å². The number of amides is 2. The zero-order valence-electron chi connectivity index (χ0n) is 19.5. The first-order valence-corrected chi connectivity index (χ1v) is 13.9. The molecule has 8 heteroatoms. The van der Waals surface area contributed by atoms with Crippen molar-refractivity contribution in [3.63, 3.8) is 0 Å². The van der Waals surface area contributed by atoms with Gasteiger partial charge < -0.3 is 15.4 Å². The molecule has 3 aliphatic rings. The second kappa shape index (κ2) is 10.8. The van der Waals surface area contributed by atoms with Gasteiger partial charge in [-0.25, -0.2) is 0 Å². The van der Waals surface area contributed by atoms with Crippen LogP contribution in [0.15, 0.2) is 28.7 Å². The van der Waals surface area contributed by atoms with Crippen molar-refractivity contribution in [2.24, 2.45) is 11.8 Å². The maximum atomic E-state index is 12.6. The quantitative estimate of drug-likeness (QED) is 0.361. The Morgan fingerprint density at radius 3 is 2.60 bits per heavy atom. The van der Waals surface area contributed by atoms with E-state index in [9.17, 15) is 9.59 Å². The number of nitrogens with one attached hydrogen (secondary N) is 2. The molecule has 2 aromatic carbocycles. The molecule has 2 aliphatic heterocycles. The third-order valence-electron chi connectivity index (χ3n) is 7.58. The van der Waals surface area contributed by atoms with Gasteiger partial charge in [0.2, 0.25) is 11.8 Å². The molecule has 5 rings (SSSR count). The summed E-state index contributed by atoms with van der Waals surface area (Å²) in [7, 11) is 0. The number of carbonyl (C=O) groups excluding carboxylic acids is 2. The normalized spacial score (nSPS) is 23.5. The Bertz CT molecular complexity index is 1160. The van der Waals surface area contributed by atoms with Crippen molar-refractivity contribution < 1.29 is 14.3 Å². The summed E-state index contributed by atoms with van der Waals surface area (Å²) >= 11 is 16.2. The molecular formula is C27H29BrCl2N2O3. The van der Waals surface area contributed by atoms with Gasteiger partial charge in [0.15, 0.2) is 0 Å². The predicted octanol–water partition coefficient (Wildman–Crippen LogP) is 7.31. The maximum Gasteiger partial charge on any atom is 0.227 e. The summed E-state index contributed by atoms with van der Waals surface area (Å²) in [5.41, 5.74) is 4.88. The molecule has 35 heavy (non-hydrogen) atoms. The Morgan fingerprint density at radius 1 is 0.943 bits per heavy atom. The molecule has 0 spiro atoms. The highest BCUT2D eigenvalue weighted by Crippen LogP contribution is 2.37. The van der Waals surface area contributed by atoms with Gasteiger partial charge in [-0.3, -0.25) is 9.59 Å². The number of anilines is 2. The fourth-order valence-electron chi connectivity index (χ4n) is 5.64. The molecule has 1 aliphatic carbocycles. The molecule has 1 saturated carbocycles. The van der Waals surface area contributed by atoms with Crippen LogP contribution < -0.4 is 10.6 Å². The number of rotatable bonds is 7. The molecular weight excluding hydrogens is 551 g/mol. The van der Waals surface area contributed by atoms with Crippen molar-refractivity contribution in [1.82, 2.24) is 0 Å². The number of halogens is 3. The zero-order chi connectivity index (χ0) is 24.5. The second-order valence-corrected chi connectivity index (χ2v) is 11.6. The van der Waals surface area contributed by atoms with E-state index in [0.717, 1.165) is 71.1 Å². The van der Waals surface area contributed by atoms with E-state index in [4.69, 9.17) is 27.9 Å². The lowest BCUT2D eigenvalue weighted by Gasteiger charge is -2.26. The van der Waals surface area contributed by atoms with E-state index in [1.165, 1.54) is 12.8 Å². The van der Waals surface area contributed by atoms with Gasteiger partial charge in [0, 0.05) is 33.2 Å². The molecule has 3 unspecified atom stereocenters. The SMILES string of the molecule is O=C1CCc2cc(COC3CCCC3CCCC3Cc4cc(Br)c(Cl)cc4NC3=O)c(Cl)cc2N1. The molecule has 5 nitrogen and oxygen atoms in total. The van der Waals surface area contributed by atoms with Gasteiger partial charge >= 0.3 is 0 Å². The fraction of sp³-hybridized carbons (Fsp3) is 0.481. The van der Waals surface area contributed by atoms with Crippen LogP contribution in [-0.4, -0.2) is 17.9 Å². The first-order chi connectivity index (χ1) is 16.9. The van der Waals surface area contributed by atoms with Crippen LogP contribution in [0, 0.1) is 11.8 Å². The van der Waals surface area contributed by atoms with Gasteiger partial charge in [0.1, 0.15) is 0 Å². The number of fused-ring (bicyclic) bond motifs is 2. The summed E-state index contributed by atoms with van der Waals surface area (Å²) < 4.78 is 7.22. The average Bonchev–Trinajstić information content (AvgIpc) is 3.26. The van der Waals surface area contributed by atoms with Crippen LogP contribution >= 0.6 is 39.1 Å². The first kappa shape index (κ1) is 25.1. The summed E-state index contributed by atoms with van der Waals surface area (Å²) in [6.07, 6.45) is 8.56. The van der Waals surface area contributed by atoms with Gasteiger partial charge in [-0.05, 0) is 101 Å². The van der Waals surface area contributed by atoms with Crippen molar-refractivity contribution in [2.45, 2.75) is 70.5 Å². The van der Waals surface area contributed by atoms with Gasteiger partial charge in [0.25, 0.3) is 0 Å². The standard InChI is InChI=1S/C27H29BrCl2N2O3/c28-20-11-18-10-17(27(34)32-24(18)13-22(20)30)5-1-3-15-4-2-6-25(15)35-14-19-9-16-7-8-26(33)31-23(16)12-21(19)29/h9,11-13,15,17,25H,1-8,10,14H2,(H,31,33)(H,32,34). The fourth-order valence-corrected chi connectivity index (χ4v) is 6.41. The van der Waals surface area contributed by atoms with Crippen molar-refractivity contribution >= 4 is 62.3 Å². The van der Waals surface area contributed by atoms with Crippen LogP contribution in [0.4, 0.5) is 11.4 Å². The number of hydrogen-bond donors (Lipinski definition) is 2. The Kier molecular flexibility index (Phi) is 7.73. The Morgan fingerprint density at radius 2 is 1.74 bits per heavy atom. The van der Waals surface area contributed by atoms with Gasteiger partial charge in [-0.2, -0.15) is 0 Å². The van der Waals surface area contributed by atoms with Crippen molar-refractivity contribution in [3.8, 4) is 0 Å². The number of carbonyl (C=O) groups is 2. The number of hydrogen-bond acceptors (Lipinski definition) is 3. The summed E-state index contributed by atoms with van der Waals surface area (Å²) in [5.74, 6) is 0.635. The molecule has 2 N–H and O–H groups in total. The molecule has 2 aromatic rings. The third-order valence-corrected chi connectivity index (χ3v) is 9.13. The summed E-state index contributed by atoms with van der Waals surface area (Å²) in [6, 6.07) is 7.76. The molecule has 0 radical (unpaired) electrons. The van der Waals surface area contributed by atoms with Crippen LogP contribution in [0.5, 0.6) is 0 Å². The molecule has 0 saturated heterocycles. The lowest BCUT2D eigenvalue weighted by atomic mass is 9.87. The van der Waals surface area contributed by atoms with Crippen molar-refractivity contribution in [1.29, 1.82) is 0 Å². The van der Waals surface area contributed by atoms with E-state index >= 15 is 0 Å². The highest BCUT2D eigenvalue weighted by molar-refractivity contribution is 9.10. The van der Waals surface area contributed by atoms with E-state index in [0.29, 0.717) is 29.0 Å². The third kappa shape index (κ3) is 5.71. The Balaban J connectivity index is 1.13. The molecule has 2 amide bonds. The largest absolute Gasteiger partial charge is 0.373 e. The molecule has 0 bridgehead atoms. The maximum absolute atomic E-state index is 12.6. The van der Waals surface area contributed by atoms with Crippen LogP contribution in [0.1, 0.15) is 61.6 Å². The van der Waals surface area contributed by atoms with Gasteiger partial charge in [-0.15, -0.1) is 0 Å². The molecule has 186 valence electrons. The Labute approximate surface area is 224 Å². The van der Waals surface area contributed by atoms with E-state index in [1.54, 1.807) is 0 Å². The zero-order valence-corrected chi connectivity index (χ0v) is 22.6. The summed E-state index contributed by atoms with van der Waals surface area (Å²) in [4.78, 5) is 24.3. The smallest absolute Gasteiger partial charge is 0.227 e. The molecule has 0 aromatic heterocycles. The number of aryl methyl sites for hydroxylation is 1. The highest BCUT2D eigenvalue weighted by atomic mass is 79.9. The van der Waals surface area contributed by atoms with Crippen molar-refractivity contribution in [3.05, 3.63) is 55.5 Å². The minimum Gasteiger partial charge on any atom is -0.373 e. The minimum atomic E-state index is -0.00820. The Hall–Kier alpha value is -1.60. The summed E-state index contributed by atoms with van der Waals surface area (Å²) in [6.45, 7) is 0.487. The minimum absolute atomic E-state index is 0.00820. The van der Waals surface area contributed by atoms with Crippen LogP contribution in [0.2, 0.25) is 10.0 Å². The highest BCUT2D eigenvalue weighted by Gasteiger charge is 2.30. The lowest BCUT2D eigenvalue weighted by molar-refractivity contribution is -0.120. The van der Waals surface area contributed by atoms with E-state index in [2.05, 4.69) is 32.6 Å². The van der Waals surface area contributed by atoms with Crippen LogP contribution in [0.25, 0.3) is 0 Å². The van der Waals surface area contributed by atoms with E-state index < -0.39 is 0 Å². The predicted molar refractivity (Wildman–Crippen MR) is 143 cm³/mol. The van der Waals surface area contributed by atoms with E-state index in [1.807, 2.05) is 18.2 Å². The van der Waals surface area contributed by atoms with Gasteiger partial charge in [0.05, 0.1) is 17.7 Å². The monoisotopic (exact) mass is 578 g/mol. The summed E-state index contributed by atoms with van der Waals surface area (Å²) in [5, 5.41) is 7.17. The lowest BCUT2D eigenvalue weighted by Crippen LogP contribution is -2.30. The molecule has 2 heterocycles. The number of ether oxygens (including phenoxy) is 1. The average molecular weight is 580 g/mol. The molecule has 1 fully saturated rings. The molecule has 3 atom stereocenters.